The summed E-state index contributed by atoms with van der Waals surface area (Å²) in [5, 5.41) is 0.0701. The third-order valence-corrected chi connectivity index (χ3v) is 6.66. The van der Waals surface area contributed by atoms with E-state index in [9.17, 15) is 18.6 Å². The second kappa shape index (κ2) is 6.85. The predicted molar refractivity (Wildman–Crippen MR) is 96.0 cm³/mol. The molecule has 2 aromatic rings. The Bertz CT molecular complexity index is 958. The average molecular weight is 436 g/mol. The van der Waals surface area contributed by atoms with Crippen LogP contribution in [0.3, 0.4) is 0 Å². The molecule has 0 amide bonds. The molecule has 0 saturated carbocycles. The monoisotopic (exact) mass is 436 g/mol. The van der Waals surface area contributed by atoms with Crippen LogP contribution in [-0.4, -0.2) is 37.2 Å². The largest absolute Gasteiger partial charge is 0.481 e. The van der Waals surface area contributed by atoms with E-state index in [1.165, 1.54) is 36.4 Å². The second-order valence-electron chi connectivity index (χ2n) is 5.81. The summed E-state index contributed by atoms with van der Waals surface area (Å²) in [5.41, 5.74) is 0.891. The summed E-state index contributed by atoms with van der Waals surface area (Å²) >= 11 is 0. The number of benzene rings is 2. The first-order chi connectivity index (χ1) is 12.4. The third kappa shape index (κ3) is 4.51. The van der Waals surface area contributed by atoms with Gasteiger partial charge in [-0.3, -0.25) is 13.7 Å². The number of ether oxygens (including phenoxy) is 2. The molecule has 13 heteroatoms. The Labute approximate surface area is 153 Å². The Morgan fingerprint density at radius 3 is 1.48 bits per heavy atom. The predicted octanol–water partition coefficient (Wildman–Crippen LogP) is 0.916. The third-order valence-electron chi connectivity index (χ3n) is 3.68. The summed E-state index contributed by atoms with van der Waals surface area (Å²) in [6, 6.07) is 8.30. The molecule has 2 aromatic carbocycles. The Hall–Kier alpha value is -1.47. The van der Waals surface area contributed by atoms with E-state index in [-0.39, 0.29) is 22.1 Å². The standard InChI is InChI=1S/C14H15O10P3/c15-25(16,17)7-23-9-1-3-11-12-4-2-10(24-8-26(18,19)20)6-14(12)27(21,22)13(11)5-9/h1-6H,7-8H2,(H,21,22)(H2,15,16,17)(H2,18,19,20). The van der Waals surface area contributed by atoms with E-state index in [0.717, 1.165) is 0 Å². The van der Waals surface area contributed by atoms with Gasteiger partial charge in [0.25, 0.3) is 7.37 Å². The van der Waals surface area contributed by atoms with Crippen LogP contribution in [0.5, 0.6) is 11.5 Å². The van der Waals surface area contributed by atoms with Crippen LogP contribution in [0.25, 0.3) is 11.1 Å². The minimum Gasteiger partial charge on any atom is -0.481 e. The number of fused-ring (bicyclic) bond motifs is 3. The van der Waals surface area contributed by atoms with Crippen molar-refractivity contribution < 1.29 is 47.6 Å². The van der Waals surface area contributed by atoms with E-state index in [2.05, 4.69) is 0 Å². The lowest BCUT2D eigenvalue weighted by atomic mass is 10.1. The first kappa shape index (κ1) is 20.3. The molecule has 1 aliphatic heterocycles. The summed E-state index contributed by atoms with van der Waals surface area (Å²) in [7, 11) is -12.9. The van der Waals surface area contributed by atoms with Crippen molar-refractivity contribution in [3.8, 4) is 22.6 Å². The highest BCUT2D eigenvalue weighted by atomic mass is 31.2. The van der Waals surface area contributed by atoms with E-state index in [1.54, 1.807) is 0 Å². The Morgan fingerprint density at radius 1 is 0.778 bits per heavy atom. The molecule has 10 nitrogen and oxygen atoms in total. The van der Waals surface area contributed by atoms with Crippen LogP contribution in [-0.2, 0) is 13.7 Å². The zero-order valence-corrected chi connectivity index (χ0v) is 16.2. The van der Waals surface area contributed by atoms with Crippen molar-refractivity contribution in [1.82, 2.24) is 0 Å². The molecule has 0 atom stereocenters. The Balaban J connectivity index is 1.94. The molecule has 0 fully saturated rings. The van der Waals surface area contributed by atoms with Gasteiger partial charge in [0, 0.05) is 0 Å². The fraction of sp³-hybridized carbons (Fsp3) is 0.143. The van der Waals surface area contributed by atoms with Gasteiger partial charge in [-0.15, -0.1) is 0 Å². The van der Waals surface area contributed by atoms with Crippen LogP contribution in [0.2, 0.25) is 0 Å². The molecule has 0 radical (unpaired) electrons. The van der Waals surface area contributed by atoms with Crippen molar-refractivity contribution in [3.63, 3.8) is 0 Å². The van der Waals surface area contributed by atoms with Crippen molar-refractivity contribution in [2.24, 2.45) is 0 Å². The van der Waals surface area contributed by atoms with Gasteiger partial charge < -0.3 is 33.9 Å². The van der Waals surface area contributed by atoms with Crippen LogP contribution < -0.4 is 20.1 Å². The van der Waals surface area contributed by atoms with E-state index >= 15 is 0 Å². The lowest BCUT2D eigenvalue weighted by Crippen LogP contribution is -2.10. The van der Waals surface area contributed by atoms with Gasteiger partial charge in [0.2, 0.25) is 0 Å². The van der Waals surface area contributed by atoms with Gasteiger partial charge in [-0.25, -0.2) is 0 Å². The molecular formula is C14H15O10P3. The van der Waals surface area contributed by atoms with Crippen molar-refractivity contribution in [2.75, 3.05) is 12.7 Å². The lowest BCUT2D eigenvalue weighted by molar-refractivity contribution is 0.300. The van der Waals surface area contributed by atoms with Gasteiger partial charge in [0.1, 0.15) is 11.5 Å². The van der Waals surface area contributed by atoms with Crippen molar-refractivity contribution in [3.05, 3.63) is 36.4 Å². The second-order valence-corrected chi connectivity index (χ2v) is 11.1. The Morgan fingerprint density at radius 2 is 1.15 bits per heavy atom. The molecule has 0 bridgehead atoms. The van der Waals surface area contributed by atoms with E-state index in [0.29, 0.717) is 11.1 Å². The highest BCUT2D eigenvalue weighted by molar-refractivity contribution is 7.74. The molecule has 1 heterocycles. The molecule has 3 rings (SSSR count). The number of rotatable bonds is 6. The smallest absolute Gasteiger partial charge is 0.362 e. The lowest BCUT2D eigenvalue weighted by Gasteiger charge is -2.11. The molecule has 0 aromatic heterocycles. The van der Waals surface area contributed by atoms with E-state index < -0.39 is 35.3 Å². The van der Waals surface area contributed by atoms with Crippen LogP contribution in [0.4, 0.5) is 0 Å². The highest BCUT2D eigenvalue weighted by Gasteiger charge is 2.38. The maximum Gasteiger partial charge on any atom is 0.362 e. The molecule has 0 aliphatic carbocycles. The molecule has 0 unspecified atom stereocenters. The maximum absolute atomic E-state index is 12.9. The average Bonchev–Trinajstić information content (AvgIpc) is 2.77. The summed E-state index contributed by atoms with van der Waals surface area (Å²) in [4.78, 5) is 46.0. The SMILES string of the molecule is O=P(O)(O)COc1ccc2c(c1)P(=O)(O)c1cc(OCP(=O)(O)O)ccc1-2. The summed E-state index contributed by atoms with van der Waals surface area (Å²) in [6.07, 6.45) is -1.73. The van der Waals surface area contributed by atoms with Gasteiger partial charge in [0.15, 0.2) is 12.7 Å². The van der Waals surface area contributed by atoms with Crippen molar-refractivity contribution >= 4 is 33.2 Å². The highest BCUT2D eigenvalue weighted by Crippen LogP contribution is 2.51. The molecule has 0 saturated heterocycles. The maximum atomic E-state index is 12.9. The molecule has 0 spiro atoms. The van der Waals surface area contributed by atoms with Gasteiger partial charge in [-0.05, 0) is 47.5 Å². The van der Waals surface area contributed by atoms with Crippen molar-refractivity contribution in [1.29, 1.82) is 0 Å². The molecular weight excluding hydrogens is 421 g/mol. The van der Waals surface area contributed by atoms with Crippen LogP contribution in [0.1, 0.15) is 0 Å². The molecule has 146 valence electrons. The van der Waals surface area contributed by atoms with Crippen LogP contribution in [0.15, 0.2) is 36.4 Å². The van der Waals surface area contributed by atoms with E-state index in [1.807, 2.05) is 0 Å². The zero-order chi connectivity index (χ0) is 20.0. The van der Waals surface area contributed by atoms with Crippen LogP contribution in [0, 0.1) is 0 Å². The van der Waals surface area contributed by atoms with Gasteiger partial charge in [0.05, 0.1) is 10.6 Å². The van der Waals surface area contributed by atoms with Gasteiger partial charge in [-0.2, -0.15) is 0 Å². The first-order valence-electron chi connectivity index (χ1n) is 7.34. The Kier molecular flexibility index (Phi) is 5.14. The zero-order valence-electron chi connectivity index (χ0n) is 13.5. The minimum atomic E-state index is -4.40. The van der Waals surface area contributed by atoms with Gasteiger partial charge in [-0.1, -0.05) is 0 Å². The fourth-order valence-corrected chi connectivity index (χ4v) is 5.15. The fourth-order valence-electron chi connectivity index (χ4n) is 2.61. The molecule has 5 N–H and O–H groups in total. The molecule has 27 heavy (non-hydrogen) atoms. The first-order valence-corrected chi connectivity index (χ1v) is 12.6. The van der Waals surface area contributed by atoms with Crippen molar-refractivity contribution in [2.45, 2.75) is 0 Å². The quantitative estimate of drug-likeness (QED) is 0.410. The number of hydrogen-bond acceptors (Lipinski definition) is 5. The summed E-state index contributed by atoms with van der Waals surface area (Å²) in [5.74, 6) is 0.0502. The number of hydrogen-bond donors (Lipinski definition) is 5. The minimum absolute atomic E-state index is 0.0251. The normalized spacial score (nSPS) is 15.1. The van der Waals surface area contributed by atoms with E-state index in [4.69, 9.17) is 29.0 Å². The summed E-state index contributed by atoms with van der Waals surface area (Å²) in [6.45, 7) is 0. The summed E-state index contributed by atoms with van der Waals surface area (Å²) < 4.78 is 44.7. The van der Waals surface area contributed by atoms with Gasteiger partial charge >= 0.3 is 15.2 Å². The van der Waals surface area contributed by atoms with Crippen LogP contribution >= 0.6 is 22.6 Å². The topological polar surface area (TPSA) is 171 Å². The molecule has 1 aliphatic rings.